The van der Waals surface area contributed by atoms with E-state index in [0.29, 0.717) is 0 Å². The molecule has 0 heterocycles. The van der Waals surface area contributed by atoms with E-state index >= 15 is 0 Å². The largest absolute Gasteiger partial charge is 0.510 e. The molecule has 24 heavy (non-hydrogen) atoms. The molecule has 10 heteroatoms. The first-order chi connectivity index (χ1) is 11.1. The van der Waals surface area contributed by atoms with Crippen molar-refractivity contribution < 1.29 is 22.8 Å². The minimum Gasteiger partial charge on any atom is -0.282 e. The van der Waals surface area contributed by atoms with Gasteiger partial charge in [0.05, 0.1) is 4.90 Å². The van der Waals surface area contributed by atoms with Gasteiger partial charge in [-0.3, -0.25) is 24.8 Å². The van der Waals surface area contributed by atoms with Crippen LogP contribution in [0.4, 0.5) is 0 Å². The summed E-state index contributed by atoms with van der Waals surface area (Å²) in [5.41, 5.74) is -3.44. The molecule has 0 amide bonds. The number of benzene rings is 2. The van der Waals surface area contributed by atoms with E-state index in [2.05, 4.69) is 0 Å². The van der Waals surface area contributed by atoms with Crippen LogP contribution in [0.5, 0.6) is 0 Å². The number of rotatable bonds is 5. The van der Waals surface area contributed by atoms with Gasteiger partial charge in [0.2, 0.25) is 0 Å². The standard InChI is InChI=1S/C14H12N2O7S/c1-10-7-8-12(24(21,22)23)9-13(10)14(15(17)18,16(19)20)11-5-3-2-4-6-11/h2-9H,1H3,(H,21,22,23). The minimum absolute atomic E-state index is 0.139. The first kappa shape index (κ1) is 17.5. The van der Waals surface area contributed by atoms with Crippen molar-refractivity contribution in [1.82, 2.24) is 0 Å². The maximum atomic E-state index is 11.7. The topological polar surface area (TPSA) is 141 Å². The summed E-state index contributed by atoms with van der Waals surface area (Å²) in [5.74, 6) is 0. The molecule has 0 aliphatic rings. The fraction of sp³-hybridized carbons (Fsp3) is 0.143. The highest BCUT2D eigenvalue weighted by Gasteiger charge is 2.61. The summed E-state index contributed by atoms with van der Waals surface area (Å²) in [6.07, 6.45) is 0. The smallest absolute Gasteiger partial charge is 0.282 e. The number of nitrogens with zero attached hydrogens (tertiary/aromatic N) is 2. The molecule has 2 aromatic carbocycles. The van der Waals surface area contributed by atoms with E-state index in [1.807, 2.05) is 0 Å². The van der Waals surface area contributed by atoms with Gasteiger partial charge in [-0.15, -0.1) is 0 Å². The number of aryl methyl sites for hydroxylation is 1. The van der Waals surface area contributed by atoms with Crippen molar-refractivity contribution in [2.24, 2.45) is 0 Å². The molecule has 0 saturated heterocycles. The quantitative estimate of drug-likeness (QED) is 0.375. The van der Waals surface area contributed by atoms with Gasteiger partial charge < -0.3 is 0 Å². The molecule has 0 spiro atoms. The van der Waals surface area contributed by atoms with Gasteiger partial charge in [-0.1, -0.05) is 24.3 Å². The van der Waals surface area contributed by atoms with Crippen LogP contribution in [-0.4, -0.2) is 22.8 Å². The van der Waals surface area contributed by atoms with Gasteiger partial charge in [-0.05, 0) is 36.8 Å². The summed E-state index contributed by atoms with van der Waals surface area (Å²) in [6, 6.07) is 9.71. The molecule has 0 radical (unpaired) electrons. The van der Waals surface area contributed by atoms with E-state index in [1.165, 1.54) is 43.3 Å². The van der Waals surface area contributed by atoms with Gasteiger partial charge in [0.1, 0.15) is 21.0 Å². The second-order valence-electron chi connectivity index (χ2n) is 5.00. The Morgan fingerprint density at radius 3 is 2.00 bits per heavy atom. The first-order valence-corrected chi connectivity index (χ1v) is 7.99. The monoisotopic (exact) mass is 352 g/mol. The Bertz CT molecular complexity index is 896. The first-order valence-electron chi connectivity index (χ1n) is 6.55. The molecule has 126 valence electrons. The second kappa shape index (κ2) is 5.98. The molecule has 0 aromatic heterocycles. The van der Waals surface area contributed by atoms with Crippen molar-refractivity contribution in [3.8, 4) is 0 Å². The van der Waals surface area contributed by atoms with Gasteiger partial charge in [0, 0.05) is 0 Å². The van der Waals surface area contributed by atoms with E-state index < -0.39 is 36.1 Å². The highest BCUT2D eigenvalue weighted by Crippen LogP contribution is 2.36. The Labute approximate surface area is 136 Å². The van der Waals surface area contributed by atoms with Crippen LogP contribution in [0.25, 0.3) is 0 Å². The van der Waals surface area contributed by atoms with Gasteiger partial charge in [-0.2, -0.15) is 8.42 Å². The van der Waals surface area contributed by atoms with E-state index in [1.54, 1.807) is 0 Å². The lowest BCUT2D eigenvalue weighted by Gasteiger charge is -2.19. The molecular formula is C14H12N2O7S. The zero-order valence-corrected chi connectivity index (χ0v) is 13.1. The third-order valence-electron chi connectivity index (χ3n) is 3.59. The van der Waals surface area contributed by atoms with Crippen LogP contribution in [0.2, 0.25) is 0 Å². The summed E-state index contributed by atoms with van der Waals surface area (Å²) >= 11 is 0. The molecule has 0 atom stereocenters. The number of hydrogen-bond acceptors (Lipinski definition) is 6. The van der Waals surface area contributed by atoms with Crippen molar-refractivity contribution in [2.75, 3.05) is 0 Å². The van der Waals surface area contributed by atoms with Crippen LogP contribution in [0, 0.1) is 27.2 Å². The fourth-order valence-electron chi connectivity index (χ4n) is 2.44. The van der Waals surface area contributed by atoms with Crippen molar-refractivity contribution in [3.63, 3.8) is 0 Å². The second-order valence-corrected chi connectivity index (χ2v) is 6.43. The summed E-state index contributed by atoms with van der Waals surface area (Å²) in [5, 5.41) is 23.5. The van der Waals surface area contributed by atoms with E-state index in [0.717, 1.165) is 12.1 Å². The minimum atomic E-state index is -4.68. The molecule has 0 bridgehead atoms. The van der Waals surface area contributed by atoms with E-state index in [-0.39, 0.29) is 11.1 Å². The third-order valence-corrected chi connectivity index (χ3v) is 4.44. The summed E-state index contributed by atoms with van der Waals surface area (Å²) in [4.78, 5) is 20.6. The van der Waals surface area contributed by atoms with Crippen LogP contribution < -0.4 is 0 Å². The molecule has 2 rings (SSSR count). The molecule has 1 N–H and O–H groups in total. The van der Waals surface area contributed by atoms with E-state index in [9.17, 15) is 28.6 Å². The normalized spacial score (nSPS) is 11.9. The maximum absolute atomic E-state index is 11.7. The maximum Gasteiger partial charge on any atom is 0.510 e. The fourth-order valence-corrected chi connectivity index (χ4v) is 2.94. The molecule has 0 aliphatic heterocycles. The Kier molecular flexibility index (Phi) is 4.36. The lowest BCUT2D eigenvalue weighted by molar-refractivity contribution is -0.796. The predicted molar refractivity (Wildman–Crippen MR) is 82.2 cm³/mol. The number of nitro groups is 2. The zero-order chi connectivity index (χ0) is 18.1. The highest BCUT2D eigenvalue weighted by atomic mass is 32.2. The molecular weight excluding hydrogens is 340 g/mol. The van der Waals surface area contributed by atoms with Gasteiger partial charge in [-0.25, -0.2) is 0 Å². The van der Waals surface area contributed by atoms with Crippen molar-refractivity contribution in [1.29, 1.82) is 0 Å². The summed E-state index contributed by atoms with van der Waals surface area (Å²) in [6.45, 7) is 1.38. The lowest BCUT2D eigenvalue weighted by atomic mass is 9.89. The van der Waals surface area contributed by atoms with Gasteiger partial charge in [0.25, 0.3) is 10.1 Å². The van der Waals surface area contributed by atoms with Crippen LogP contribution in [0.3, 0.4) is 0 Å². The zero-order valence-electron chi connectivity index (χ0n) is 12.3. The molecule has 0 fully saturated rings. The Morgan fingerprint density at radius 1 is 1.00 bits per heavy atom. The Morgan fingerprint density at radius 2 is 1.54 bits per heavy atom. The molecule has 0 aliphatic carbocycles. The Hall–Kier alpha value is -2.85. The lowest BCUT2D eigenvalue weighted by Crippen LogP contribution is -2.45. The molecule has 0 saturated carbocycles. The molecule has 9 nitrogen and oxygen atoms in total. The van der Waals surface area contributed by atoms with Crippen LogP contribution in [0.15, 0.2) is 53.4 Å². The SMILES string of the molecule is Cc1ccc(S(=O)(=O)O)cc1C(c1ccccc1)([N+](=O)[O-])[N+](=O)[O-]. The van der Waals surface area contributed by atoms with Crippen molar-refractivity contribution in [2.45, 2.75) is 17.5 Å². The van der Waals surface area contributed by atoms with Gasteiger partial charge >= 0.3 is 5.66 Å². The van der Waals surface area contributed by atoms with Crippen LogP contribution in [0.1, 0.15) is 16.7 Å². The predicted octanol–water partition coefficient (Wildman–Crippen LogP) is 2.00. The van der Waals surface area contributed by atoms with Crippen molar-refractivity contribution >= 4 is 10.1 Å². The average Bonchev–Trinajstić information content (AvgIpc) is 2.49. The molecule has 2 aromatic rings. The van der Waals surface area contributed by atoms with Crippen LogP contribution in [-0.2, 0) is 15.8 Å². The average molecular weight is 352 g/mol. The van der Waals surface area contributed by atoms with Gasteiger partial charge in [0.15, 0.2) is 0 Å². The number of hydrogen-bond donors (Lipinski definition) is 1. The van der Waals surface area contributed by atoms with Crippen molar-refractivity contribution in [3.05, 3.63) is 85.4 Å². The summed E-state index contributed by atoms with van der Waals surface area (Å²) < 4.78 is 31.8. The van der Waals surface area contributed by atoms with E-state index in [4.69, 9.17) is 4.55 Å². The van der Waals surface area contributed by atoms with Crippen LogP contribution >= 0.6 is 0 Å². The Balaban J connectivity index is 2.94. The highest BCUT2D eigenvalue weighted by molar-refractivity contribution is 7.85. The molecule has 0 unspecified atom stereocenters. The third kappa shape index (κ3) is 2.72. The summed E-state index contributed by atoms with van der Waals surface area (Å²) in [7, 11) is -4.68.